The van der Waals surface area contributed by atoms with Crippen molar-refractivity contribution in [1.29, 1.82) is 0 Å². The average Bonchev–Trinajstić information content (AvgIpc) is 3.33. The van der Waals surface area contributed by atoms with Gasteiger partial charge in [-0.3, -0.25) is 4.79 Å². The first-order chi connectivity index (χ1) is 13.9. The van der Waals surface area contributed by atoms with Gasteiger partial charge < -0.3 is 15.3 Å². The summed E-state index contributed by atoms with van der Waals surface area (Å²) in [6.45, 7) is 0.853. The van der Waals surface area contributed by atoms with E-state index in [0.29, 0.717) is 55.5 Å². The maximum atomic E-state index is 13.4. The monoisotopic (exact) mass is 406 g/mol. The fourth-order valence-electron chi connectivity index (χ4n) is 3.76. The normalized spacial score (nSPS) is 19.7. The van der Waals surface area contributed by atoms with Gasteiger partial charge in [0.1, 0.15) is 5.82 Å². The van der Waals surface area contributed by atoms with E-state index in [0.717, 1.165) is 6.42 Å². The van der Waals surface area contributed by atoms with Crippen LogP contribution in [0.25, 0.3) is 5.95 Å². The van der Waals surface area contributed by atoms with E-state index in [1.807, 2.05) is 0 Å². The Balaban J connectivity index is 1.58. The molecule has 0 aromatic carbocycles. The molecule has 10 heteroatoms. The number of likely N-dealkylation sites (tertiary alicyclic amines) is 1. The molecule has 1 aliphatic heterocycles. The molecule has 2 fully saturated rings. The molecule has 29 heavy (non-hydrogen) atoms. The van der Waals surface area contributed by atoms with E-state index in [2.05, 4.69) is 20.4 Å². The van der Waals surface area contributed by atoms with Crippen LogP contribution < -0.4 is 5.32 Å². The van der Waals surface area contributed by atoms with E-state index in [1.165, 1.54) is 4.68 Å². The molecule has 2 N–H and O–H groups in total. The topological polar surface area (TPSA) is 96.2 Å². The molecule has 4 rings (SSSR count). The van der Waals surface area contributed by atoms with Crippen LogP contribution >= 0.6 is 0 Å². The first-order valence-corrected chi connectivity index (χ1v) is 9.88. The van der Waals surface area contributed by atoms with Crippen LogP contribution in [0.15, 0.2) is 18.3 Å². The molecule has 1 aliphatic carbocycles. The largest absolute Gasteiger partial charge is 0.390 e. The molecule has 2 aromatic heterocycles. The van der Waals surface area contributed by atoms with Crippen molar-refractivity contribution in [3.05, 3.63) is 29.7 Å². The number of nitrogens with one attached hydrogen (secondary N) is 1. The number of alkyl halides is 2. The summed E-state index contributed by atoms with van der Waals surface area (Å²) in [5.41, 5.74) is 1.13. The molecule has 0 atom stereocenters. The Morgan fingerprint density at radius 2 is 2.03 bits per heavy atom. The van der Waals surface area contributed by atoms with Gasteiger partial charge in [-0.1, -0.05) is 0 Å². The Bertz CT molecular complexity index is 877. The number of hydrogen-bond acceptors (Lipinski definition) is 6. The number of carbonyl (C=O) groups is 1. The second-order valence-electron chi connectivity index (χ2n) is 7.65. The summed E-state index contributed by atoms with van der Waals surface area (Å²) in [4.78, 5) is 22.7. The van der Waals surface area contributed by atoms with Crippen LogP contribution in [0.5, 0.6) is 0 Å². The average molecular weight is 406 g/mol. The lowest BCUT2D eigenvalue weighted by Gasteiger charge is -2.29. The maximum Gasteiger partial charge on any atom is 0.252 e. The zero-order valence-electron chi connectivity index (χ0n) is 16.0. The van der Waals surface area contributed by atoms with Gasteiger partial charge in [-0.2, -0.15) is 10.1 Å². The molecule has 3 heterocycles. The third kappa shape index (κ3) is 4.69. The van der Waals surface area contributed by atoms with Crippen LogP contribution in [0.1, 0.15) is 49.9 Å². The number of amides is 1. The minimum atomic E-state index is -2.59. The van der Waals surface area contributed by atoms with Crippen LogP contribution in [0.3, 0.4) is 0 Å². The van der Waals surface area contributed by atoms with Crippen molar-refractivity contribution in [2.75, 3.05) is 11.9 Å². The second-order valence-corrected chi connectivity index (χ2v) is 7.65. The second kappa shape index (κ2) is 8.02. The van der Waals surface area contributed by atoms with E-state index >= 15 is 0 Å². The summed E-state index contributed by atoms with van der Waals surface area (Å²) in [5.74, 6) is -1.67. The summed E-state index contributed by atoms with van der Waals surface area (Å²) in [7, 11) is 0. The Labute approximate surface area is 166 Å². The number of anilines is 1. The van der Waals surface area contributed by atoms with Crippen molar-refractivity contribution in [2.45, 2.75) is 63.6 Å². The zero-order valence-corrected chi connectivity index (χ0v) is 16.0. The van der Waals surface area contributed by atoms with Crippen molar-refractivity contribution < 1.29 is 18.7 Å². The number of aliphatic hydroxyl groups is 1. The minimum Gasteiger partial charge on any atom is -0.390 e. The van der Waals surface area contributed by atoms with Gasteiger partial charge in [0, 0.05) is 44.1 Å². The van der Waals surface area contributed by atoms with Crippen molar-refractivity contribution in [1.82, 2.24) is 24.6 Å². The summed E-state index contributed by atoms with van der Waals surface area (Å²) < 4.78 is 28.3. The minimum absolute atomic E-state index is 0.0933. The van der Waals surface area contributed by atoms with Gasteiger partial charge >= 0.3 is 0 Å². The molecule has 0 spiro atoms. The maximum absolute atomic E-state index is 13.4. The first-order valence-electron chi connectivity index (χ1n) is 9.88. The van der Waals surface area contributed by atoms with E-state index in [4.69, 9.17) is 0 Å². The van der Waals surface area contributed by atoms with Crippen LogP contribution in [-0.4, -0.2) is 54.2 Å². The summed E-state index contributed by atoms with van der Waals surface area (Å²) >= 11 is 0. The van der Waals surface area contributed by atoms with Crippen LogP contribution in [0.2, 0.25) is 0 Å². The first kappa shape index (κ1) is 19.7. The highest BCUT2D eigenvalue weighted by atomic mass is 19.3. The molecule has 1 saturated carbocycles. The number of carbonyl (C=O) groups excluding carboxylic acids is 1. The molecule has 2 aliphatic rings. The van der Waals surface area contributed by atoms with Crippen LogP contribution in [0, 0.1) is 0 Å². The number of rotatable bonds is 6. The number of aromatic nitrogens is 4. The van der Waals surface area contributed by atoms with Crippen molar-refractivity contribution in [3.8, 4) is 5.95 Å². The predicted molar refractivity (Wildman–Crippen MR) is 101 cm³/mol. The lowest BCUT2D eigenvalue weighted by Crippen LogP contribution is -2.32. The molecular formula is C19H24F2N6O2. The Hall–Kier alpha value is -2.62. The van der Waals surface area contributed by atoms with Gasteiger partial charge in [0.25, 0.3) is 5.95 Å². The molecule has 0 unspecified atom stereocenters. The molecule has 1 saturated heterocycles. The van der Waals surface area contributed by atoms with Gasteiger partial charge in [0.05, 0.1) is 24.5 Å². The molecule has 1 amide bonds. The fourth-order valence-corrected chi connectivity index (χ4v) is 3.76. The van der Waals surface area contributed by atoms with Crippen LogP contribution in [-0.2, 0) is 17.9 Å². The van der Waals surface area contributed by atoms with Gasteiger partial charge in [-0.25, -0.2) is 18.4 Å². The molecule has 0 bridgehead atoms. The smallest absolute Gasteiger partial charge is 0.252 e. The molecule has 156 valence electrons. The lowest BCUT2D eigenvalue weighted by molar-refractivity contribution is -0.128. The quantitative estimate of drug-likeness (QED) is 0.764. The molecule has 8 nitrogen and oxygen atoms in total. The van der Waals surface area contributed by atoms with Gasteiger partial charge in [-0.15, -0.1) is 0 Å². The van der Waals surface area contributed by atoms with Crippen molar-refractivity contribution in [3.63, 3.8) is 0 Å². The number of halogens is 2. The number of hydrogen-bond donors (Lipinski definition) is 2. The van der Waals surface area contributed by atoms with Crippen molar-refractivity contribution in [2.24, 2.45) is 0 Å². The van der Waals surface area contributed by atoms with E-state index in [-0.39, 0.29) is 31.4 Å². The molecule has 0 radical (unpaired) electrons. The highest BCUT2D eigenvalue weighted by molar-refractivity contribution is 5.78. The fraction of sp³-hybridized carbons (Fsp3) is 0.579. The third-order valence-corrected chi connectivity index (χ3v) is 5.37. The highest BCUT2D eigenvalue weighted by Crippen LogP contribution is 2.34. The van der Waals surface area contributed by atoms with Gasteiger partial charge in [-0.05, 0) is 25.3 Å². The third-order valence-electron chi connectivity index (χ3n) is 5.37. The number of nitrogens with zero attached hydrogens (tertiary/aromatic N) is 5. The van der Waals surface area contributed by atoms with Crippen molar-refractivity contribution >= 4 is 11.7 Å². The van der Waals surface area contributed by atoms with E-state index in [9.17, 15) is 18.7 Å². The Morgan fingerprint density at radius 3 is 2.69 bits per heavy atom. The summed E-state index contributed by atoms with van der Waals surface area (Å²) in [6, 6.07) is 3.33. The predicted octanol–water partition coefficient (Wildman–Crippen LogP) is 2.27. The van der Waals surface area contributed by atoms with E-state index in [1.54, 1.807) is 23.2 Å². The molecule has 2 aromatic rings. The lowest BCUT2D eigenvalue weighted by atomic mass is 9.92. The number of aliphatic hydroxyl groups excluding tert-OH is 1. The van der Waals surface area contributed by atoms with E-state index < -0.39 is 5.92 Å². The SMILES string of the molecule is O=C1CCCN1Cc1cc(NC2CCC(F)(F)CC2)nc(-n2ccc(CO)n2)n1. The van der Waals surface area contributed by atoms with Gasteiger partial charge in [0.2, 0.25) is 11.8 Å². The summed E-state index contributed by atoms with van der Waals surface area (Å²) in [6.07, 6.45) is 3.46. The van der Waals surface area contributed by atoms with Gasteiger partial charge in [0.15, 0.2) is 0 Å². The summed E-state index contributed by atoms with van der Waals surface area (Å²) in [5, 5.41) is 16.7. The van der Waals surface area contributed by atoms with Crippen LogP contribution in [0.4, 0.5) is 14.6 Å². The Kier molecular flexibility index (Phi) is 5.44. The molecular weight excluding hydrogens is 382 g/mol. The standard InChI is InChI=1S/C19H24F2N6O2/c20-19(21)6-3-13(4-7-19)22-16-10-15(11-26-8-1-2-17(26)29)23-18(24-16)27-9-5-14(12-28)25-27/h5,9-10,13,28H,1-4,6-8,11-12H2,(H,22,23,24). The Morgan fingerprint density at radius 1 is 1.24 bits per heavy atom. The zero-order chi connectivity index (χ0) is 20.4. The highest BCUT2D eigenvalue weighted by Gasteiger charge is 2.35.